The minimum absolute atomic E-state index is 0.172. The fourth-order valence-corrected chi connectivity index (χ4v) is 5.17. The van der Waals surface area contributed by atoms with Gasteiger partial charge < -0.3 is 14.4 Å². The van der Waals surface area contributed by atoms with E-state index in [1.807, 2.05) is 18.2 Å². The van der Waals surface area contributed by atoms with Crippen LogP contribution in [0.25, 0.3) is 0 Å². The van der Waals surface area contributed by atoms with Gasteiger partial charge in [-0.1, -0.05) is 18.9 Å². The summed E-state index contributed by atoms with van der Waals surface area (Å²) in [5.74, 6) is -0.678. The summed E-state index contributed by atoms with van der Waals surface area (Å²) >= 11 is 0. The largest absolute Gasteiger partial charge is 0.490 e. The molecular formula is C23H27N3O6. The number of fused-ring (bicyclic) bond motifs is 1. The van der Waals surface area contributed by atoms with Crippen LogP contribution in [0.4, 0.5) is 4.79 Å². The Hall–Kier alpha value is -3.10. The first-order chi connectivity index (χ1) is 15.5. The standard InChI is InChI=1S/C23H27N3O6/c27-20(14-25-21(28)22(29)26(23(25)30)16-5-1-2-6-16)24-10-3-7-17(24)15-8-9-18-19(13-15)32-12-4-11-31-18/h8-9,13,16-17H,1-7,10-12,14H2. The first-order valence-electron chi connectivity index (χ1n) is 11.4. The number of hydrogen-bond donors (Lipinski definition) is 0. The lowest BCUT2D eigenvalue weighted by Crippen LogP contribution is -2.44. The zero-order valence-electron chi connectivity index (χ0n) is 18.0. The number of carbonyl (C=O) groups is 4. The third-order valence-corrected chi connectivity index (χ3v) is 6.80. The number of likely N-dealkylation sites (tertiary alicyclic amines) is 1. The average molecular weight is 441 g/mol. The number of urea groups is 1. The molecule has 0 radical (unpaired) electrons. The average Bonchev–Trinajstić information content (AvgIpc) is 3.49. The summed E-state index contributed by atoms with van der Waals surface area (Å²) in [6, 6.07) is 4.64. The van der Waals surface area contributed by atoms with Crippen LogP contribution in [0.15, 0.2) is 18.2 Å². The zero-order chi connectivity index (χ0) is 22.2. The molecule has 9 nitrogen and oxygen atoms in total. The lowest BCUT2D eigenvalue weighted by Gasteiger charge is -2.27. The van der Waals surface area contributed by atoms with Gasteiger partial charge in [0.15, 0.2) is 11.5 Å². The summed E-state index contributed by atoms with van der Waals surface area (Å²) in [6.07, 6.45) is 5.70. The van der Waals surface area contributed by atoms with Crippen LogP contribution >= 0.6 is 0 Å². The van der Waals surface area contributed by atoms with Crippen molar-refractivity contribution in [2.45, 2.75) is 57.0 Å². The Morgan fingerprint density at radius 1 is 0.906 bits per heavy atom. The zero-order valence-corrected chi connectivity index (χ0v) is 18.0. The third kappa shape index (κ3) is 3.59. The number of ether oxygens (including phenoxy) is 2. The van der Waals surface area contributed by atoms with E-state index in [1.54, 1.807) is 4.90 Å². The number of benzene rings is 1. The number of amides is 5. The molecule has 2 saturated heterocycles. The Morgan fingerprint density at radius 3 is 2.44 bits per heavy atom. The maximum atomic E-state index is 13.1. The second kappa shape index (κ2) is 8.44. The Labute approximate surface area is 186 Å². The second-order valence-corrected chi connectivity index (χ2v) is 8.79. The van der Waals surface area contributed by atoms with Crippen LogP contribution in [0.1, 0.15) is 56.6 Å². The van der Waals surface area contributed by atoms with Gasteiger partial charge in [0, 0.05) is 19.0 Å². The van der Waals surface area contributed by atoms with Crippen molar-refractivity contribution < 1.29 is 28.7 Å². The molecule has 1 saturated carbocycles. The van der Waals surface area contributed by atoms with E-state index >= 15 is 0 Å². The van der Waals surface area contributed by atoms with Gasteiger partial charge in [0.1, 0.15) is 6.54 Å². The van der Waals surface area contributed by atoms with Crippen LogP contribution in [0, 0.1) is 0 Å². The van der Waals surface area contributed by atoms with Gasteiger partial charge in [-0.3, -0.25) is 19.3 Å². The van der Waals surface area contributed by atoms with E-state index in [1.165, 1.54) is 0 Å². The van der Waals surface area contributed by atoms with E-state index in [4.69, 9.17) is 9.47 Å². The van der Waals surface area contributed by atoms with Gasteiger partial charge in [0.05, 0.1) is 19.3 Å². The molecule has 3 heterocycles. The smallest absolute Gasteiger partial charge is 0.334 e. The highest BCUT2D eigenvalue weighted by Gasteiger charge is 2.49. The molecule has 0 N–H and O–H groups in total. The lowest BCUT2D eigenvalue weighted by atomic mass is 10.0. The molecule has 1 aliphatic carbocycles. The van der Waals surface area contributed by atoms with Gasteiger partial charge in [-0.05, 0) is 43.4 Å². The van der Waals surface area contributed by atoms with Crippen LogP contribution in [-0.4, -0.2) is 70.8 Å². The Kier molecular flexibility index (Phi) is 5.48. The highest BCUT2D eigenvalue weighted by atomic mass is 16.5. The van der Waals surface area contributed by atoms with Crippen LogP contribution < -0.4 is 9.47 Å². The van der Waals surface area contributed by atoms with Crippen molar-refractivity contribution in [2.75, 3.05) is 26.3 Å². The molecule has 0 bridgehead atoms. The first kappa shape index (κ1) is 20.8. The highest BCUT2D eigenvalue weighted by molar-refractivity contribution is 6.45. The van der Waals surface area contributed by atoms with Gasteiger partial charge in [-0.25, -0.2) is 9.69 Å². The molecular weight excluding hydrogens is 414 g/mol. The molecule has 5 rings (SSSR count). The SMILES string of the molecule is O=C1C(=O)N(C2CCCC2)C(=O)N1CC(=O)N1CCCC1c1ccc2c(c1)OCCCO2. The normalized spacial score (nSPS) is 23.9. The molecule has 4 aliphatic rings. The van der Waals surface area contributed by atoms with E-state index in [0.29, 0.717) is 44.1 Å². The number of imide groups is 2. The van der Waals surface area contributed by atoms with Crippen molar-refractivity contribution in [3.05, 3.63) is 23.8 Å². The minimum Gasteiger partial charge on any atom is -0.490 e. The van der Waals surface area contributed by atoms with E-state index in [0.717, 1.165) is 47.5 Å². The second-order valence-electron chi connectivity index (χ2n) is 8.79. The van der Waals surface area contributed by atoms with Gasteiger partial charge in [0.25, 0.3) is 0 Å². The molecule has 1 unspecified atom stereocenters. The van der Waals surface area contributed by atoms with Crippen molar-refractivity contribution in [3.63, 3.8) is 0 Å². The highest BCUT2D eigenvalue weighted by Crippen LogP contribution is 2.38. The van der Waals surface area contributed by atoms with Gasteiger partial charge in [0.2, 0.25) is 5.91 Å². The van der Waals surface area contributed by atoms with Crippen molar-refractivity contribution >= 4 is 23.8 Å². The Bertz CT molecular complexity index is 957. The molecule has 1 aromatic rings. The quantitative estimate of drug-likeness (QED) is 0.525. The van der Waals surface area contributed by atoms with E-state index in [9.17, 15) is 19.2 Å². The molecule has 9 heteroatoms. The summed E-state index contributed by atoms with van der Waals surface area (Å²) in [5, 5.41) is 0. The number of nitrogens with zero attached hydrogens (tertiary/aromatic N) is 3. The first-order valence-corrected chi connectivity index (χ1v) is 11.4. The van der Waals surface area contributed by atoms with Gasteiger partial charge in [-0.2, -0.15) is 0 Å². The van der Waals surface area contributed by atoms with Crippen LogP contribution in [0.3, 0.4) is 0 Å². The van der Waals surface area contributed by atoms with Crippen molar-refractivity contribution in [1.29, 1.82) is 0 Å². The van der Waals surface area contributed by atoms with Crippen molar-refractivity contribution in [2.24, 2.45) is 0 Å². The van der Waals surface area contributed by atoms with Crippen LogP contribution in [0.2, 0.25) is 0 Å². The lowest BCUT2D eigenvalue weighted by molar-refractivity contribution is -0.145. The summed E-state index contributed by atoms with van der Waals surface area (Å²) in [7, 11) is 0. The monoisotopic (exact) mass is 441 g/mol. The fraction of sp³-hybridized carbons (Fsp3) is 0.565. The molecule has 170 valence electrons. The predicted octanol–water partition coefficient (Wildman–Crippen LogP) is 2.24. The molecule has 3 aliphatic heterocycles. The topological polar surface area (TPSA) is 96.5 Å². The summed E-state index contributed by atoms with van der Waals surface area (Å²) < 4.78 is 11.5. The number of carbonyl (C=O) groups excluding carboxylic acids is 4. The molecule has 3 fully saturated rings. The van der Waals surface area contributed by atoms with E-state index in [2.05, 4.69) is 0 Å². The summed E-state index contributed by atoms with van der Waals surface area (Å²) in [6.45, 7) is 1.31. The van der Waals surface area contributed by atoms with Gasteiger partial charge in [-0.15, -0.1) is 0 Å². The maximum Gasteiger partial charge on any atom is 0.334 e. The predicted molar refractivity (Wildman–Crippen MR) is 112 cm³/mol. The maximum absolute atomic E-state index is 13.1. The van der Waals surface area contributed by atoms with Crippen LogP contribution in [-0.2, 0) is 14.4 Å². The van der Waals surface area contributed by atoms with Crippen LogP contribution in [0.5, 0.6) is 11.5 Å². The molecule has 1 atom stereocenters. The van der Waals surface area contributed by atoms with Crippen molar-refractivity contribution in [1.82, 2.24) is 14.7 Å². The molecule has 1 aromatic carbocycles. The number of hydrogen-bond acceptors (Lipinski definition) is 6. The molecule has 0 aromatic heterocycles. The molecule has 32 heavy (non-hydrogen) atoms. The Morgan fingerprint density at radius 2 is 1.66 bits per heavy atom. The molecule has 5 amide bonds. The van der Waals surface area contributed by atoms with Crippen molar-refractivity contribution in [3.8, 4) is 11.5 Å². The summed E-state index contributed by atoms with van der Waals surface area (Å²) in [4.78, 5) is 54.5. The minimum atomic E-state index is -0.901. The number of rotatable bonds is 4. The summed E-state index contributed by atoms with van der Waals surface area (Å²) in [5.41, 5.74) is 0.933. The van der Waals surface area contributed by atoms with E-state index in [-0.39, 0.29) is 18.0 Å². The third-order valence-electron chi connectivity index (χ3n) is 6.80. The fourth-order valence-electron chi connectivity index (χ4n) is 5.17. The molecule has 0 spiro atoms. The van der Waals surface area contributed by atoms with Gasteiger partial charge >= 0.3 is 17.8 Å². The Balaban J connectivity index is 1.31. The van der Waals surface area contributed by atoms with E-state index < -0.39 is 24.4 Å².